The minimum absolute atomic E-state index is 0.348. The van der Waals surface area contributed by atoms with Crippen molar-refractivity contribution in [3.05, 3.63) is 29.8 Å². The fraction of sp³-hybridized carbons (Fsp3) is 0.500. The molecule has 1 aliphatic carbocycles. The first kappa shape index (κ1) is 15.0. The molecule has 122 valence electrons. The lowest BCUT2D eigenvalue weighted by molar-refractivity contribution is 0.317. The number of rotatable bonds is 4. The van der Waals surface area contributed by atoms with Crippen LogP contribution in [0.4, 0.5) is 13.9 Å². The minimum atomic E-state index is -0.617. The van der Waals surface area contributed by atoms with Gasteiger partial charge in [-0.3, -0.25) is 4.90 Å². The van der Waals surface area contributed by atoms with Crippen molar-refractivity contribution in [3.8, 4) is 11.4 Å². The third-order valence-electron chi connectivity index (χ3n) is 4.56. The molecule has 2 aromatic rings. The van der Waals surface area contributed by atoms with Crippen LogP contribution in [0.1, 0.15) is 19.8 Å². The van der Waals surface area contributed by atoms with Gasteiger partial charge in [0.1, 0.15) is 11.6 Å². The molecule has 2 heterocycles. The standard InChI is InChI=1S/C16H18F2N4S/c1-9-7-22(13-2-3-13)8-14(9)19-16-20-15(21-23-16)10-4-11(17)6-12(18)5-10/h4-6,9,13-14H,2-3,7-8H2,1H3,(H,19,20,21). The second-order valence-corrected chi connectivity index (χ2v) is 7.25. The number of nitrogens with zero attached hydrogens (tertiary/aromatic N) is 3. The van der Waals surface area contributed by atoms with E-state index in [2.05, 4.69) is 26.5 Å². The van der Waals surface area contributed by atoms with Gasteiger partial charge in [-0.1, -0.05) is 6.92 Å². The summed E-state index contributed by atoms with van der Waals surface area (Å²) < 4.78 is 30.8. The summed E-state index contributed by atoms with van der Waals surface area (Å²) in [5, 5.41) is 4.15. The summed E-state index contributed by atoms with van der Waals surface area (Å²) in [4.78, 5) is 6.92. The second-order valence-electron chi connectivity index (χ2n) is 6.49. The summed E-state index contributed by atoms with van der Waals surface area (Å²) in [7, 11) is 0. The molecule has 0 bridgehead atoms. The zero-order valence-corrected chi connectivity index (χ0v) is 13.6. The maximum atomic E-state index is 13.3. The molecule has 2 aliphatic rings. The maximum absolute atomic E-state index is 13.3. The van der Waals surface area contributed by atoms with E-state index in [9.17, 15) is 8.78 Å². The van der Waals surface area contributed by atoms with Crippen LogP contribution >= 0.6 is 11.5 Å². The molecule has 2 fully saturated rings. The summed E-state index contributed by atoms with van der Waals surface area (Å²) >= 11 is 1.23. The van der Waals surface area contributed by atoms with Crippen molar-refractivity contribution in [2.45, 2.75) is 31.8 Å². The van der Waals surface area contributed by atoms with Gasteiger partial charge >= 0.3 is 0 Å². The first-order valence-electron chi connectivity index (χ1n) is 7.89. The van der Waals surface area contributed by atoms with Crippen molar-refractivity contribution < 1.29 is 8.78 Å². The molecule has 0 spiro atoms. The van der Waals surface area contributed by atoms with Crippen LogP contribution in [0.25, 0.3) is 11.4 Å². The van der Waals surface area contributed by atoms with E-state index in [1.54, 1.807) is 0 Å². The smallest absolute Gasteiger partial charge is 0.203 e. The molecular formula is C16H18F2N4S. The molecule has 1 aliphatic heterocycles. The molecule has 1 aromatic heterocycles. The van der Waals surface area contributed by atoms with E-state index >= 15 is 0 Å². The van der Waals surface area contributed by atoms with Crippen LogP contribution in [0.15, 0.2) is 18.2 Å². The van der Waals surface area contributed by atoms with E-state index in [1.807, 2.05) is 0 Å². The van der Waals surface area contributed by atoms with Crippen LogP contribution in [0.2, 0.25) is 0 Å². The maximum Gasteiger partial charge on any atom is 0.203 e. The quantitative estimate of drug-likeness (QED) is 0.929. The number of nitrogens with one attached hydrogen (secondary N) is 1. The van der Waals surface area contributed by atoms with E-state index in [4.69, 9.17) is 0 Å². The molecule has 1 saturated heterocycles. The third kappa shape index (κ3) is 3.21. The van der Waals surface area contributed by atoms with E-state index in [1.165, 1.54) is 36.5 Å². The number of halogens is 2. The lowest BCUT2D eigenvalue weighted by Crippen LogP contribution is -2.28. The Morgan fingerprint density at radius 1 is 1.17 bits per heavy atom. The highest BCUT2D eigenvalue weighted by molar-refractivity contribution is 7.09. The number of likely N-dealkylation sites (tertiary alicyclic amines) is 1. The molecule has 4 rings (SSSR count). The summed E-state index contributed by atoms with van der Waals surface area (Å²) in [6, 6.07) is 4.47. The van der Waals surface area contributed by atoms with Crippen molar-refractivity contribution in [1.82, 2.24) is 14.3 Å². The minimum Gasteiger partial charge on any atom is -0.356 e. The number of hydrogen-bond donors (Lipinski definition) is 1. The average Bonchev–Trinajstić information content (AvgIpc) is 3.13. The van der Waals surface area contributed by atoms with Gasteiger partial charge in [0.05, 0.1) is 0 Å². The first-order chi connectivity index (χ1) is 11.1. The van der Waals surface area contributed by atoms with Crippen molar-refractivity contribution >= 4 is 16.7 Å². The highest BCUT2D eigenvalue weighted by Gasteiger charge is 2.38. The van der Waals surface area contributed by atoms with Gasteiger partial charge in [0.25, 0.3) is 0 Å². The molecule has 1 N–H and O–H groups in total. The van der Waals surface area contributed by atoms with Gasteiger partial charge < -0.3 is 5.32 Å². The molecular weight excluding hydrogens is 318 g/mol. The Labute approximate surface area is 137 Å². The Bertz CT molecular complexity index is 696. The second kappa shape index (κ2) is 5.79. The first-order valence-corrected chi connectivity index (χ1v) is 8.66. The lowest BCUT2D eigenvalue weighted by Gasteiger charge is -2.15. The molecule has 23 heavy (non-hydrogen) atoms. The summed E-state index contributed by atoms with van der Waals surface area (Å²) in [6.45, 7) is 4.38. The number of benzene rings is 1. The Kier molecular flexibility index (Phi) is 3.77. The highest BCUT2D eigenvalue weighted by atomic mass is 32.1. The van der Waals surface area contributed by atoms with Gasteiger partial charge in [-0.25, -0.2) is 8.78 Å². The van der Waals surface area contributed by atoms with Gasteiger partial charge in [0.15, 0.2) is 5.82 Å². The third-order valence-corrected chi connectivity index (χ3v) is 5.21. The van der Waals surface area contributed by atoms with Crippen molar-refractivity contribution in [3.63, 3.8) is 0 Å². The fourth-order valence-corrected chi connectivity index (χ4v) is 3.82. The van der Waals surface area contributed by atoms with Crippen molar-refractivity contribution in [2.75, 3.05) is 18.4 Å². The Morgan fingerprint density at radius 3 is 2.61 bits per heavy atom. The normalized spacial score (nSPS) is 25.0. The zero-order valence-electron chi connectivity index (χ0n) is 12.8. The van der Waals surface area contributed by atoms with Crippen LogP contribution in [-0.4, -0.2) is 39.4 Å². The highest BCUT2D eigenvalue weighted by Crippen LogP contribution is 2.33. The van der Waals surface area contributed by atoms with Gasteiger partial charge in [-0.15, -0.1) is 0 Å². The molecule has 0 radical (unpaired) electrons. The van der Waals surface area contributed by atoms with Gasteiger partial charge in [0.2, 0.25) is 5.13 Å². The van der Waals surface area contributed by atoms with Crippen molar-refractivity contribution in [2.24, 2.45) is 5.92 Å². The molecule has 1 aromatic carbocycles. The van der Waals surface area contributed by atoms with Crippen LogP contribution in [0.5, 0.6) is 0 Å². The van der Waals surface area contributed by atoms with Crippen LogP contribution in [0, 0.1) is 17.6 Å². The summed E-state index contributed by atoms with van der Waals surface area (Å²) in [6.07, 6.45) is 2.63. The average molecular weight is 336 g/mol. The van der Waals surface area contributed by atoms with E-state index in [0.29, 0.717) is 28.5 Å². The van der Waals surface area contributed by atoms with Gasteiger partial charge in [-0.2, -0.15) is 9.36 Å². The van der Waals surface area contributed by atoms with Crippen LogP contribution in [0.3, 0.4) is 0 Å². The van der Waals surface area contributed by atoms with Crippen molar-refractivity contribution in [1.29, 1.82) is 0 Å². The summed E-state index contributed by atoms with van der Waals surface area (Å²) in [5.41, 5.74) is 0.367. The predicted octanol–water partition coefficient (Wildman–Crippen LogP) is 3.38. The largest absolute Gasteiger partial charge is 0.356 e. The predicted molar refractivity (Wildman–Crippen MR) is 86.4 cm³/mol. The molecule has 2 atom stereocenters. The number of anilines is 1. The monoisotopic (exact) mass is 336 g/mol. The molecule has 7 heteroatoms. The number of hydrogen-bond acceptors (Lipinski definition) is 5. The Morgan fingerprint density at radius 2 is 1.91 bits per heavy atom. The molecule has 2 unspecified atom stereocenters. The SMILES string of the molecule is CC1CN(C2CC2)CC1Nc1nc(-c2cc(F)cc(F)c2)ns1. The van der Waals surface area contributed by atoms with E-state index in [0.717, 1.165) is 25.2 Å². The van der Waals surface area contributed by atoms with Gasteiger partial charge in [-0.05, 0) is 30.9 Å². The Balaban J connectivity index is 1.47. The van der Waals surface area contributed by atoms with Crippen LogP contribution < -0.4 is 5.32 Å². The molecule has 1 saturated carbocycles. The van der Waals surface area contributed by atoms with Gasteiger partial charge in [0, 0.05) is 48.3 Å². The Hall–Kier alpha value is -1.60. The summed E-state index contributed by atoms with van der Waals surface area (Å²) in [5.74, 6) is -0.322. The number of aromatic nitrogens is 2. The van der Waals surface area contributed by atoms with E-state index < -0.39 is 11.6 Å². The zero-order chi connectivity index (χ0) is 16.0. The topological polar surface area (TPSA) is 41.0 Å². The lowest BCUT2D eigenvalue weighted by atomic mass is 10.1. The molecule has 0 amide bonds. The van der Waals surface area contributed by atoms with Crippen LogP contribution in [-0.2, 0) is 0 Å². The fourth-order valence-electron chi connectivity index (χ4n) is 3.17. The van der Waals surface area contributed by atoms with E-state index in [-0.39, 0.29) is 0 Å². The molecule has 4 nitrogen and oxygen atoms in total.